The molecule has 0 radical (unpaired) electrons. The van der Waals surface area contributed by atoms with Crippen LogP contribution in [0.2, 0.25) is 0 Å². The number of amides is 1. The predicted octanol–water partition coefficient (Wildman–Crippen LogP) is 5.42. The van der Waals surface area contributed by atoms with Crippen molar-refractivity contribution in [2.75, 3.05) is 31.7 Å². The summed E-state index contributed by atoms with van der Waals surface area (Å²) in [7, 11) is 0. The van der Waals surface area contributed by atoms with E-state index < -0.39 is 0 Å². The van der Waals surface area contributed by atoms with Gasteiger partial charge in [0.2, 0.25) is 0 Å². The maximum atomic E-state index is 12.9. The molecule has 0 aromatic heterocycles. The van der Waals surface area contributed by atoms with Gasteiger partial charge in [0.1, 0.15) is 18.1 Å². The van der Waals surface area contributed by atoms with Gasteiger partial charge < -0.3 is 19.5 Å². The van der Waals surface area contributed by atoms with Crippen LogP contribution in [0.4, 0.5) is 5.69 Å². The van der Waals surface area contributed by atoms with Crippen LogP contribution in [0.1, 0.15) is 37.6 Å². The van der Waals surface area contributed by atoms with Gasteiger partial charge >= 0.3 is 0 Å². The maximum Gasteiger partial charge on any atom is 0.261 e. The quantitative estimate of drug-likeness (QED) is 0.312. The van der Waals surface area contributed by atoms with Crippen LogP contribution in [-0.2, 0) is 4.74 Å². The molecule has 0 bridgehead atoms. The van der Waals surface area contributed by atoms with Crippen molar-refractivity contribution in [3.05, 3.63) is 52.5 Å². The smallest absolute Gasteiger partial charge is 0.261 e. The van der Waals surface area contributed by atoms with Crippen molar-refractivity contribution in [2.24, 2.45) is 5.92 Å². The van der Waals surface area contributed by atoms with Gasteiger partial charge in [-0.05, 0) is 61.8 Å². The molecule has 168 valence electrons. The SMILES string of the molecule is CCOCCOc1ccccc1NC(=S)NC(=O)c1cc(Br)ccc1OCCC(C)C. The molecule has 8 heteroatoms. The first-order valence-electron chi connectivity index (χ1n) is 10.2. The topological polar surface area (TPSA) is 68.8 Å². The summed E-state index contributed by atoms with van der Waals surface area (Å²) in [5.41, 5.74) is 1.07. The van der Waals surface area contributed by atoms with Crippen molar-refractivity contribution in [2.45, 2.75) is 27.2 Å². The number of hydrogen-bond acceptors (Lipinski definition) is 5. The molecule has 1 amide bonds. The number of halogens is 1. The van der Waals surface area contributed by atoms with Crippen molar-refractivity contribution < 1.29 is 19.0 Å². The van der Waals surface area contributed by atoms with E-state index in [4.69, 9.17) is 26.4 Å². The molecule has 0 heterocycles. The third kappa shape index (κ3) is 8.85. The number of ether oxygens (including phenoxy) is 3. The Bertz CT molecular complexity index is 876. The molecule has 0 unspecified atom stereocenters. The minimum absolute atomic E-state index is 0.166. The second-order valence-corrected chi connectivity index (χ2v) is 8.45. The molecule has 0 spiro atoms. The van der Waals surface area contributed by atoms with Crippen LogP contribution in [0.15, 0.2) is 46.9 Å². The number of benzene rings is 2. The number of thiocarbonyl (C=S) groups is 1. The van der Waals surface area contributed by atoms with Crippen LogP contribution in [-0.4, -0.2) is 37.4 Å². The number of anilines is 1. The average Bonchev–Trinajstić information content (AvgIpc) is 2.73. The van der Waals surface area contributed by atoms with E-state index in [0.717, 1.165) is 10.9 Å². The second-order valence-electron chi connectivity index (χ2n) is 7.12. The largest absolute Gasteiger partial charge is 0.493 e. The number of rotatable bonds is 11. The first kappa shape index (κ1) is 25.1. The first-order chi connectivity index (χ1) is 14.9. The first-order valence-corrected chi connectivity index (χ1v) is 11.4. The summed E-state index contributed by atoms with van der Waals surface area (Å²) in [6.07, 6.45) is 0.900. The Labute approximate surface area is 197 Å². The minimum Gasteiger partial charge on any atom is -0.493 e. The lowest BCUT2D eigenvalue weighted by atomic mass is 10.1. The summed E-state index contributed by atoms with van der Waals surface area (Å²) in [4.78, 5) is 12.9. The maximum absolute atomic E-state index is 12.9. The van der Waals surface area contributed by atoms with Crippen LogP contribution < -0.4 is 20.1 Å². The molecule has 0 fully saturated rings. The number of para-hydroxylation sites is 2. The molecule has 0 atom stereocenters. The average molecular weight is 509 g/mol. The van der Waals surface area contributed by atoms with E-state index in [1.54, 1.807) is 12.1 Å². The van der Waals surface area contributed by atoms with Gasteiger partial charge in [0.15, 0.2) is 5.11 Å². The lowest BCUT2D eigenvalue weighted by Crippen LogP contribution is -2.34. The Balaban J connectivity index is 2.02. The normalized spacial score (nSPS) is 10.6. The lowest BCUT2D eigenvalue weighted by Gasteiger charge is -2.16. The zero-order valence-electron chi connectivity index (χ0n) is 18.1. The van der Waals surface area contributed by atoms with Crippen molar-refractivity contribution in [3.63, 3.8) is 0 Å². The van der Waals surface area contributed by atoms with E-state index in [0.29, 0.717) is 55.1 Å². The van der Waals surface area contributed by atoms with Gasteiger partial charge in [-0.15, -0.1) is 0 Å². The Hall–Kier alpha value is -2.16. The zero-order valence-corrected chi connectivity index (χ0v) is 20.5. The van der Waals surface area contributed by atoms with Gasteiger partial charge in [-0.3, -0.25) is 10.1 Å². The van der Waals surface area contributed by atoms with Crippen LogP contribution >= 0.6 is 28.1 Å². The molecule has 2 aromatic rings. The fraction of sp³-hybridized carbons (Fsp3) is 0.391. The molecule has 0 saturated carbocycles. The predicted molar refractivity (Wildman–Crippen MR) is 131 cm³/mol. The van der Waals surface area contributed by atoms with Crippen LogP contribution in [0.5, 0.6) is 11.5 Å². The molecular weight excluding hydrogens is 480 g/mol. The molecule has 2 rings (SSSR count). The van der Waals surface area contributed by atoms with Crippen LogP contribution in [0, 0.1) is 5.92 Å². The lowest BCUT2D eigenvalue weighted by molar-refractivity contribution is 0.0973. The third-order valence-electron chi connectivity index (χ3n) is 4.19. The molecule has 0 saturated heterocycles. The van der Waals surface area contributed by atoms with Crippen molar-refractivity contribution in [1.29, 1.82) is 0 Å². The fourth-order valence-corrected chi connectivity index (χ4v) is 3.15. The monoisotopic (exact) mass is 508 g/mol. The standard InChI is InChI=1S/C23H29BrN2O4S/c1-4-28-13-14-30-21-8-6-5-7-19(21)25-23(31)26-22(27)18-15-17(24)9-10-20(18)29-12-11-16(2)3/h5-10,15-16H,4,11-14H2,1-3H3,(H2,25,26,27,31). The summed E-state index contributed by atoms with van der Waals surface area (Å²) in [6, 6.07) is 12.7. The molecule has 0 aliphatic rings. The number of carbonyl (C=O) groups is 1. The summed E-state index contributed by atoms with van der Waals surface area (Å²) in [5.74, 6) is 1.30. The second kappa shape index (κ2) is 13.3. The zero-order chi connectivity index (χ0) is 22.6. The molecule has 2 N–H and O–H groups in total. The number of carbonyl (C=O) groups excluding carboxylic acids is 1. The van der Waals surface area contributed by atoms with E-state index in [2.05, 4.69) is 40.4 Å². The number of nitrogens with one attached hydrogen (secondary N) is 2. The van der Waals surface area contributed by atoms with E-state index >= 15 is 0 Å². The van der Waals surface area contributed by atoms with Gasteiger partial charge in [0.25, 0.3) is 5.91 Å². The van der Waals surface area contributed by atoms with Crippen LogP contribution in [0.3, 0.4) is 0 Å². The highest BCUT2D eigenvalue weighted by Gasteiger charge is 2.16. The summed E-state index contributed by atoms with van der Waals surface area (Å²) >= 11 is 8.76. The van der Waals surface area contributed by atoms with Crippen molar-refractivity contribution in [3.8, 4) is 11.5 Å². The molecule has 2 aromatic carbocycles. The van der Waals surface area contributed by atoms with Gasteiger partial charge in [-0.25, -0.2) is 0 Å². The highest BCUT2D eigenvalue weighted by atomic mass is 79.9. The molecule has 6 nitrogen and oxygen atoms in total. The number of hydrogen-bond donors (Lipinski definition) is 2. The summed E-state index contributed by atoms with van der Waals surface area (Å²) in [5, 5.41) is 5.91. The Kier molecular flexibility index (Phi) is 10.8. The summed E-state index contributed by atoms with van der Waals surface area (Å²) < 4.78 is 17.6. The van der Waals surface area contributed by atoms with E-state index in [1.807, 2.05) is 37.3 Å². The molecular formula is C23H29BrN2O4S. The highest BCUT2D eigenvalue weighted by molar-refractivity contribution is 9.10. The van der Waals surface area contributed by atoms with Gasteiger partial charge in [-0.1, -0.05) is 41.9 Å². The molecule has 0 aliphatic heterocycles. The third-order valence-corrected chi connectivity index (χ3v) is 4.89. The van der Waals surface area contributed by atoms with Gasteiger partial charge in [0, 0.05) is 11.1 Å². The summed E-state index contributed by atoms with van der Waals surface area (Å²) in [6.45, 7) is 8.27. The van der Waals surface area contributed by atoms with Gasteiger partial charge in [-0.2, -0.15) is 0 Å². The highest BCUT2D eigenvalue weighted by Crippen LogP contribution is 2.25. The Morgan fingerprint density at radius 2 is 1.81 bits per heavy atom. The van der Waals surface area contributed by atoms with Crippen molar-refractivity contribution >= 4 is 44.9 Å². The molecule has 31 heavy (non-hydrogen) atoms. The van der Waals surface area contributed by atoms with Gasteiger partial charge in [0.05, 0.1) is 24.5 Å². The van der Waals surface area contributed by atoms with E-state index in [1.165, 1.54) is 0 Å². The van der Waals surface area contributed by atoms with E-state index in [9.17, 15) is 4.79 Å². The van der Waals surface area contributed by atoms with Crippen molar-refractivity contribution in [1.82, 2.24) is 5.32 Å². The minimum atomic E-state index is -0.354. The fourth-order valence-electron chi connectivity index (χ4n) is 2.58. The Morgan fingerprint density at radius 3 is 2.55 bits per heavy atom. The van der Waals surface area contributed by atoms with Crippen LogP contribution in [0.25, 0.3) is 0 Å². The molecule has 0 aliphatic carbocycles. The Morgan fingerprint density at radius 1 is 1.06 bits per heavy atom. The van der Waals surface area contributed by atoms with E-state index in [-0.39, 0.29) is 11.0 Å².